The van der Waals surface area contributed by atoms with Crippen molar-refractivity contribution in [2.75, 3.05) is 5.73 Å². The number of nitrogen functional groups attached to an aromatic ring is 1. The lowest BCUT2D eigenvalue weighted by atomic mass is 9.82. The maximum absolute atomic E-state index is 11.9. The number of carbonyl (C=O) groups excluding carboxylic acids is 1. The van der Waals surface area contributed by atoms with Gasteiger partial charge in [-0.2, -0.15) is 0 Å². The maximum Gasteiger partial charge on any atom is 0.253 e. The average Bonchev–Trinajstić information content (AvgIpc) is 2.19. The van der Waals surface area contributed by atoms with Crippen molar-refractivity contribution in [1.82, 2.24) is 5.32 Å². The molecule has 1 amide bonds. The zero-order valence-corrected chi connectivity index (χ0v) is 9.92. The number of rotatable bonds is 2. The highest BCUT2D eigenvalue weighted by molar-refractivity contribution is 6.34. The Balaban J connectivity index is 2.05. The van der Waals surface area contributed by atoms with E-state index in [1.807, 2.05) is 0 Å². The third-order valence-electron chi connectivity index (χ3n) is 2.94. The highest BCUT2D eigenvalue weighted by Crippen LogP contribution is 2.27. The number of anilines is 1. The molecule has 0 heterocycles. The molecule has 0 bridgehead atoms. The first-order chi connectivity index (χ1) is 7.56. The normalized spacial score (nSPS) is 23.6. The first-order valence-corrected chi connectivity index (χ1v) is 5.80. The van der Waals surface area contributed by atoms with E-state index >= 15 is 0 Å². The largest absolute Gasteiger partial charge is 0.399 e. The van der Waals surface area contributed by atoms with E-state index < -0.39 is 0 Å². The van der Waals surface area contributed by atoms with Crippen molar-refractivity contribution in [3.63, 3.8) is 0 Å². The summed E-state index contributed by atoms with van der Waals surface area (Å²) in [7, 11) is 0. The summed E-state index contributed by atoms with van der Waals surface area (Å²) in [5.74, 6) is 0.579. The molecule has 1 aromatic rings. The van der Waals surface area contributed by atoms with Crippen LogP contribution in [0.4, 0.5) is 5.69 Å². The smallest absolute Gasteiger partial charge is 0.253 e. The van der Waals surface area contributed by atoms with Gasteiger partial charge < -0.3 is 11.1 Å². The first-order valence-electron chi connectivity index (χ1n) is 5.42. The van der Waals surface area contributed by atoms with Crippen LogP contribution in [0.1, 0.15) is 30.1 Å². The Morgan fingerprint density at radius 2 is 2.19 bits per heavy atom. The number of hydrogen-bond acceptors (Lipinski definition) is 2. The van der Waals surface area contributed by atoms with Crippen LogP contribution < -0.4 is 11.1 Å². The number of nitrogens with two attached hydrogens (primary N) is 1. The van der Waals surface area contributed by atoms with Crippen LogP contribution in [0.25, 0.3) is 0 Å². The molecule has 1 aliphatic carbocycles. The minimum atomic E-state index is -0.130. The van der Waals surface area contributed by atoms with E-state index in [9.17, 15) is 4.79 Å². The maximum atomic E-state index is 11.9. The van der Waals surface area contributed by atoms with Gasteiger partial charge in [0.15, 0.2) is 0 Å². The van der Waals surface area contributed by atoms with E-state index in [0.29, 0.717) is 28.2 Å². The summed E-state index contributed by atoms with van der Waals surface area (Å²) in [6.07, 6.45) is 2.09. The van der Waals surface area contributed by atoms with Crippen LogP contribution in [0.15, 0.2) is 18.2 Å². The van der Waals surface area contributed by atoms with E-state index in [1.165, 1.54) is 0 Å². The first kappa shape index (κ1) is 11.3. The molecular formula is C12H15ClN2O. The molecule has 1 aromatic carbocycles. The van der Waals surface area contributed by atoms with Crippen molar-refractivity contribution in [2.45, 2.75) is 25.8 Å². The minimum Gasteiger partial charge on any atom is -0.399 e. The van der Waals surface area contributed by atoms with Gasteiger partial charge in [0.25, 0.3) is 5.91 Å². The van der Waals surface area contributed by atoms with Gasteiger partial charge in [-0.05, 0) is 37.0 Å². The van der Waals surface area contributed by atoms with Crippen LogP contribution in [0.3, 0.4) is 0 Å². The summed E-state index contributed by atoms with van der Waals surface area (Å²) in [6, 6.07) is 5.24. The molecule has 0 aromatic heterocycles. The van der Waals surface area contributed by atoms with Crippen LogP contribution in [-0.4, -0.2) is 11.9 Å². The van der Waals surface area contributed by atoms with Crippen molar-refractivity contribution >= 4 is 23.2 Å². The molecule has 0 unspecified atom stereocenters. The fraction of sp³-hybridized carbons (Fsp3) is 0.417. The molecule has 0 spiro atoms. The third-order valence-corrected chi connectivity index (χ3v) is 3.27. The van der Waals surface area contributed by atoms with Crippen molar-refractivity contribution in [3.05, 3.63) is 28.8 Å². The molecule has 3 N–H and O–H groups in total. The van der Waals surface area contributed by atoms with Crippen LogP contribution in [0.5, 0.6) is 0 Å². The van der Waals surface area contributed by atoms with Gasteiger partial charge in [0.05, 0.1) is 10.6 Å². The molecule has 0 saturated heterocycles. The van der Waals surface area contributed by atoms with Gasteiger partial charge in [0.1, 0.15) is 0 Å². The summed E-state index contributed by atoms with van der Waals surface area (Å²) in [5, 5.41) is 3.40. The predicted molar refractivity (Wildman–Crippen MR) is 65.5 cm³/mol. The second-order valence-corrected chi connectivity index (χ2v) is 4.89. The lowest BCUT2D eigenvalue weighted by Crippen LogP contribution is -2.43. The molecular weight excluding hydrogens is 224 g/mol. The lowest BCUT2D eigenvalue weighted by Gasteiger charge is -2.33. The molecule has 3 nitrogen and oxygen atoms in total. The number of halogens is 1. The summed E-state index contributed by atoms with van der Waals surface area (Å²) < 4.78 is 0. The SMILES string of the molecule is CC1CC(NC(=O)c2cc(N)ccc2Cl)C1. The van der Waals surface area contributed by atoms with E-state index in [-0.39, 0.29) is 5.91 Å². The zero-order chi connectivity index (χ0) is 11.7. The van der Waals surface area contributed by atoms with Crippen molar-refractivity contribution in [3.8, 4) is 0 Å². The standard InChI is InChI=1S/C12H15ClN2O/c1-7-4-9(5-7)15-12(16)10-6-8(14)2-3-11(10)13/h2-3,6-7,9H,4-5,14H2,1H3,(H,15,16). The Morgan fingerprint density at radius 1 is 1.50 bits per heavy atom. The van der Waals surface area contributed by atoms with Gasteiger partial charge >= 0.3 is 0 Å². The Bertz CT molecular complexity index is 413. The Labute approximate surface area is 100.0 Å². The van der Waals surface area contributed by atoms with Gasteiger partial charge in [-0.1, -0.05) is 18.5 Å². The summed E-state index contributed by atoms with van der Waals surface area (Å²) >= 11 is 5.95. The fourth-order valence-electron chi connectivity index (χ4n) is 2.00. The minimum absolute atomic E-state index is 0.130. The third kappa shape index (κ3) is 2.30. The van der Waals surface area contributed by atoms with E-state index in [4.69, 9.17) is 17.3 Å². The molecule has 86 valence electrons. The van der Waals surface area contributed by atoms with Crippen LogP contribution in [0.2, 0.25) is 5.02 Å². The second kappa shape index (κ2) is 4.34. The lowest BCUT2D eigenvalue weighted by molar-refractivity contribution is 0.0896. The highest BCUT2D eigenvalue weighted by Gasteiger charge is 2.27. The molecule has 1 saturated carbocycles. The number of amides is 1. The van der Waals surface area contributed by atoms with Gasteiger partial charge in [0, 0.05) is 11.7 Å². The quantitative estimate of drug-likeness (QED) is 0.778. The second-order valence-electron chi connectivity index (χ2n) is 4.49. The van der Waals surface area contributed by atoms with E-state index in [0.717, 1.165) is 12.8 Å². The van der Waals surface area contributed by atoms with Crippen LogP contribution >= 0.6 is 11.6 Å². The number of benzene rings is 1. The molecule has 2 rings (SSSR count). The number of hydrogen-bond donors (Lipinski definition) is 2. The molecule has 1 aliphatic rings. The number of nitrogens with one attached hydrogen (secondary N) is 1. The molecule has 1 fully saturated rings. The summed E-state index contributed by atoms with van der Waals surface area (Å²) in [5.41, 5.74) is 6.64. The van der Waals surface area contributed by atoms with Crippen LogP contribution in [-0.2, 0) is 0 Å². The van der Waals surface area contributed by atoms with Crippen LogP contribution in [0, 0.1) is 5.92 Å². The van der Waals surface area contributed by atoms with Gasteiger partial charge in [0.2, 0.25) is 0 Å². The van der Waals surface area contributed by atoms with E-state index in [2.05, 4.69) is 12.2 Å². The van der Waals surface area contributed by atoms with Gasteiger partial charge in [-0.3, -0.25) is 4.79 Å². The average molecular weight is 239 g/mol. The van der Waals surface area contributed by atoms with Crippen molar-refractivity contribution < 1.29 is 4.79 Å². The van der Waals surface area contributed by atoms with Gasteiger partial charge in [-0.25, -0.2) is 0 Å². The highest BCUT2D eigenvalue weighted by atomic mass is 35.5. The summed E-state index contributed by atoms with van der Waals surface area (Å²) in [6.45, 7) is 2.18. The van der Waals surface area contributed by atoms with Crippen molar-refractivity contribution in [2.24, 2.45) is 5.92 Å². The molecule has 16 heavy (non-hydrogen) atoms. The topological polar surface area (TPSA) is 55.1 Å². The molecule has 0 radical (unpaired) electrons. The van der Waals surface area contributed by atoms with E-state index in [1.54, 1.807) is 18.2 Å². The predicted octanol–water partition coefficient (Wildman–Crippen LogP) is 2.45. The van der Waals surface area contributed by atoms with Crippen molar-refractivity contribution in [1.29, 1.82) is 0 Å². The molecule has 0 atom stereocenters. The zero-order valence-electron chi connectivity index (χ0n) is 9.16. The molecule has 4 heteroatoms. The Kier molecular flexibility index (Phi) is 3.06. The Hall–Kier alpha value is -1.22. The monoisotopic (exact) mass is 238 g/mol. The number of carbonyl (C=O) groups is 1. The summed E-state index contributed by atoms with van der Waals surface area (Å²) in [4.78, 5) is 11.9. The fourth-order valence-corrected chi connectivity index (χ4v) is 2.20. The molecule has 0 aliphatic heterocycles. The van der Waals surface area contributed by atoms with Gasteiger partial charge in [-0.15, -0.1) is 0 Å². The Morgan fingerprint density at radius 3 is 2.81 bits per heavy atom.